The van der Waals surface area contributed by atoms with Crippen LogP contribution in [0.1, 0.15) is 45.9 Å². The molecule has 1 aliphatic rings. The molecule has 1 atom stereocenters. The van der Waals surface area contributed by atoms with Crippen LogP contribution in [-0.2, 0) is 16.8 Å². The summed E-state index contributed by atoms with van der Waals surface area (Å²) in [5, 5.41) is 3.95. The molecule has 0 spiro atoms. The number of piperidine rings is 1. The molecule has 0 saturated carbocycles. The Morgan fingerprint density at radius 1 is 1.18 bits per heavy atom. The lowest BCUT2D eigenvalue weighted by Gasteiger charge is -2.42. The van der Waals surface area contributed by atoms with Gasteiger partial charge in [-0.2, -0.15) is 0 Å². The molecule has 2 amide bonds. The van der Waals surface area contributed by atoms with Crippen molar-refractivity contribution in [2.24, 2.45) is 0 Å². The number of aryl methyl sites for hydroxylation is 2. The van der Waals surface area contributed by atoms with E-state index in [-0.39, 0.29) is 18.4 Å². The molecular formula is C26H30N4O4. The number of pyridine rings is 1. The van der Waals surface area contributed by atoms with Gasteiger partial charge in [-0.15, -0.1) is 0 Å². The van der Waals surface area contributed by atoms with E-state index >= 15 is 0 Å². The number of likely N-dealkylation sites (tertiary alicyclic amines) is 1. The standard InChI is InChI=1S/C26H30N4O4/c1-18-22(19(2)34-28-18)16-33-21-10-7-9-20(15-21)24(31)30-14-8-12-26(17-30,25(32)29(3)4)23-11-5-6-13-27-23/h5-7,9-11,13,15H,8,12,14,16-17H2,1-4H3. The molecule has 2 aromatic heterocycles. The Bertz CT molecular complexity index is 1160. The Labute approximate surface area is 199 Å². The highest BCUT2D eigenvalue weighted by Gasteiger charge is 2.46. The van der Waals surface area contributed by atoms with Gasteiger partial charge in [-0.05, 0) is 57.0 Å². The Balaban J connectivity index is 1.56. The zero-order valence-electron chi connectivity index (χ0n) is 20.1. The number of benzene rings is 1. The van der Waals surface area contributed by atoms with Crippen molar-refractivity contribution >= 4 is 11.8 Å². The maximum atomic E-state index is 13.5. The van der Waals surface area contributed by atoms with Gasteiger partial charge in [0.1, 0.15) is 23.5 Å². The maximum absolute atomic E-state index is 13.5. The van der Waals surface area contributed by atoms with Crippen molar-refractivity contribution in [3.05, 3.63) is 76.9 Å². The summed E-state index contributed by atoms with van der Waals surface area (Å²) < 4.78 is 11.1. The van der Waals surface area contributed by atoms with Crippen molar-refractivity contribution in [1.29, 1.82) is 0 Å². The van der Waals surface area contributed by atoms with Gasteiger partial charge >= 0.3 is 0 Å². The van der Waals surface area contributed by atoms with Crippen LogP contribution in [0.5, 0.6) is 5.75 Å². The summed E-state index contributed by atoms with van der Waals surface area (Å²) in [5.41, 5.74) is 2.04. The molecule has 0 bridgehead atoms. The van der Waals surface area contributed by atoms with Crippen LogP contribution < -0.4 is 4.74 Å². The molecular weight excluding hydrogens is 432 g/mol. The minimum atomic E-state index is -0.865. The van der Waals surface area contributed by atoms with Crippen LogP contribution in [0.4, 0.5) is 0 Å². The molecule has 4 rings (SSSR count). The number of ether oxygens (including phenoxy) is 1. The molecule has 8 heteroatoms. The SMILES string of the molecule is Cc1noc(C)c1COc1cccc(C(=O)N2CCCC(C(=O)N(C)C)(c3ccccn3)C2)c1. The Hall–Kier alpha value is -3.68. The summed E-state index contributed by atoms with van der Waals surface area (Å²) in [5.74, 6) is 1.13. The van der Waals surface area contributed by atoms with Gasteiger partial charge in [-0.3, -0.25) is 14.6 Å². The van der Waals surface area contributed by atoms with Gasteiger partial charge in [0.05, 0.1) is 17.0 Å². The average Bonchev–Trinajstić information content (AvgIpc) is 3.19. The second kappa shape index (κ2) is 9.67. The highest BCUT2D eigenvalue weighted by atomic mass is 16.5. The molecule has 0 N–H and O–H groups in total. The first-order valence-electron chi connectivity index (χ1n) is 11.4. The van der Waals surface area contributed by atoms with E-state index in [0.29, 0.717) is 43.0 Å². The number of likely N-dealkylation sites (N-methyl/N-ethyl adjacent to an activating group) is 1. The predicted octanol–water partition coefficient (Wildman–Crippen LogP) is 3.53. The van der Waals surface area contributed by atoms with E-state index in [1.807, 2.05) is 38.1 Å². The van der Waals surface area contributed by atoms with E-state index in [1.165, 1.54) is 0 Å². The topological polar surface area (TPSA) is 88.8 Å². The Morgan fingerprint density at radius 2 is 2.00 bits per heavy atom. The van der Waals surface area contributed by atoms with E-state index in [9.17, 15) is 9.59 Å². The normalized spacial score (nSPS) is 17.9. The van der Waals surface area contributed by atoms with Crippen molar-refractivity contribution < 1.29 is 18.8 Å². The van der Waals surface area contributed by atoms with Crippen LogP contribution in [0.15, 0.2) is 53.2 Å². The van der Waals surface area contributed by atoms with E-state index in [0.717, 1.165) is 17.0 Å². The lowest BCUT2D eigenvalue weighted by Crippen LogP contribution is -2.56. The van der Waals surface area contributed by atoms with Crippen molar-refractivity contribution in [2.75, 3.05) is 27.2 Å². The monoisotopic (exact) mass is 462 g/mol. The van der Waals surface area contributed by atoms with Gasteiger partial charge in [-0.1, -0.05) is 17.3 Å². The van der Waals surface area contributed by atoms with Crippen molar-refractivity contribution in [2.45, 2.75) is 38.7 Å². The van der Waals surface area contributed by atoms with Gasteiger partial charge in [0, 0.05) is 38.9 Å². The first-order valence-corrected chi connectivity index (χ1v) is 11.4. The van der Waals surface area contributed by atoms with Crippen molar-refractivity contribution in [3.63, 3.8) is 0 Å². The lowest BCUT2D eigenvalue weighted by atomic mass is 9.75. The number of hydrogen-bond acceptors (Lipinski definition) is 6. The zero-order valence-corrected chi connectivity index (χ0v) is 20.1. The summed E-state index contributed by atoms with van der Waals surface area (Å²) in [6.07, 6.45) is 3.05. The van der Waals surface area contributed by atoms with Gasteiger partial charge in [0.2, 0.25) is 5.91 Å². The number of amides is 2. The predicted molar refractivity (Wildman–Crippen MR) is 126 cm³/mol. The zero-order chi connectivity index (χ0) is 24.3. The minimum Gasteiger partial charge on any atom is -0.489 e. The third-order valence-corrected chi connectivity index (χ3v) is 6.40. The van der Waals surface area contributed by atoms with Crippen molar-refractivity contribution in [1.82, 2.24) is 19.9 Å². The summed E-state index contributed by atoms with van der Waals surface area (Å²) >= 11 is 0. The van der Waals surface area contributed by atoms with Crippen LogP contribution in [-0.4, -0.2) is 58.9 Å². The molecule has 8 nitrogen and oxygen atoms in total. The molecule has 0 radical (unpaired) electrons. The van der Waals surface area contributed by atoms with Gasteiger partial charge in [0.25, 0.3) is 5.91 Å². The smallest absolute Gasteiger partial charge is 0.254 e. The van der Waals surface area contributed by atoms with Crippen molar-refractivity contribution in [3.8, 4) is 5.75 Å². The fourth-order valence-corrected chi connectivity index (χ4v) is 4.56. The lowest BCUT2D eigenvalue weighted by molar-refractivity contribution is -0.136. The molecule has 0 aliphatic carbocycles. The first kappa shape index (κ1) is 23.5. The fraction of sp³-hybridized carbons (Fsp3) is 0.385. The highest BCUT2D eigenvalue weighted by Crippen LogP contribution is 2.35. The van der Waals surface area contributed by atoms with Crippen LogP contribution >= 0.6 is 0 Å². The number of nitrogens with zero attached hydrogens (tertiary/aromatic N) is 4. The van der Waals surface area contributed by atoms with Crippen LogP contribution in [0, 0.1) is 13.8 Å². The largest absolute Gasteiger partial charge is 0.489 e. The van der Waals surface area contributed by atoms with Gasteiger partial charge < -0.3 is 19.1 Å². The minimum absolute atomic E-state index is 0.0414. The Morgan fingerprint density at radius 3 is 2.68 bits per heavy atom. The molecule has 178 valence electrons. The average molecular weight is 463 g/mol. The number of rotatable bonds is 6. The highest BCUT2D eigenvalue weighted by molar-refractivity contribution is 5.96. The van der Waals surface area contributed by atoms with E-state index in [4.69, 9.17) is 9.26 Å². The summed E-state index contributed by atoms with van der Waals surface area (Å²) in [7, 11) is 3.49. The van der Waals surface area contributed by atoms with E-state index in [1.54, 1.807) is 48.3 Å². The van der Waals surface area contributed by atoms with Gasteiger partial charge in [0.15, 0.2) is 0 Å². The molecule has 3 heterocycles. The fourth-order valence-electron chi connectivity index (χ4n) is 4.56. The third kappa shape index (κ3) is 4.53. The second-order valence-electron chi connectivity index (χ2n) is 8.95. The van der Waals surface area contributed by atoms with Crippen LogP contribution in [0.25, 0.3) is 0 Å². The van der Waals surface area contributed by atoms with Crippen LogP contribution in [0.2, 0.25) is 0 Å². The number of carbonyl (C=O) groups is 2. The second-order valence-corrected chi connectivity index (χ2v) is 8.95. The molecule has 1 fully saturated rings. The number of aromatic nitrogens is 2. The molecule has 34 heavy (non-hydrogen) atoms. The third-order valence-electron chi connectivity index (χ3n) is 6.40. The number of carbonyl (C=O) groups excluding carboxylic acids is 2. The van der Waals surface area contributed by atoms with Crippen LogP contribution in [0.3, 0.4) is 0 Å². The summed E-state index contributed by atoms with van der Waals surface area (Å²) in [6.45, 7) is 4.89. The van der Waals surface area contributed by atoms with E-state index in [2.05, 4.69) is 10.1 Å². The maximum Gasteiger partial charge on any atom is 0.254 e. The molecule has 1 saturated heterocycles. The molecule has 1 unspecified atom stereocenters. The number of hydrogen-bond donors (Lipinski definition) is 0. The van der Waals surface area contributed by atoms with E-state index < -0.39 is 5.41 Å². The summed E-state index contributed by atoms with van der Waals surface area (Å²) in [4.78, 5) is 34.7. The first-order chi connectivity index (χ1) is 16.3. The molecule has 3 aromatic rings. The quantitative estimate of drug-likeness (QED) is 0.557. The molecule has 1 aliphatic heterocycles. The molecule has 1 aromatic carbocycles. The van der Waals surface area contributed by atoms with Gasteiger partial charge in [-0.25, -0.2) is 0 Å². The Kier molecular flexibility index (Phi) is 6.68. The summed E-state index contributed by atoms with van der Waals surface area (Å²) in [6, 6.07) is 12.7.